The van der Waals surface area contributed by atoms with Gasteiger partial charge in [0, 0.05) is 0 Å². The van der Waals surface area contributed by atoms with Crippen LogP contribution in [0.4, 0.5) is 0 Å². The normalized spacial score (nSPS) is 13.7. The molecule has 18 heavy (non-hydrogen) atoms. The molecule has 6 N–H and O–H groups in total. The highest BCUT2D eigenvalue weighted by Gasteiger charge is 2.55. The van der Waals surface area contributed by atoms with Gasteiger partial charge in [0.2, 0.25) is 0 Å². The second-order valence-electron chi connectivity index (χ2n) is 3.02. The summed E-state index contributed by atoms with van der Waals surface area (Å²) in [4.78, 5) is 52.4. The second kappa shape index (κ2) is 5.54. The molecule has 1 aromatic rings. The van der Waals surface area contributed by atoms with E-state index < -0.39 is 23.9 Å². The Balaban J connectivity index is 3.14. The maximum absolute atomic E-state index is 12.1. The first kappa shape index (κ1) is 16.0. The molecule has 0 aliphatic carbocycles. The molecule has 0 fully saturated rings. The maximum atomic E-state index is 12.1. The maximum Gasteiger partial charge on any atom is 0.576 e. The smallest absolute Gasteiger partial charge is 0.247 e. The zero-order chi connectivity index (χ0) is 14.0. The van der Waals surface area contributed by atoms with Crippen LogP contribution in [0.15, 0.2) is 30.3 Å². The van der Waals surface area contributed by atoms with Gasteiger partial charge in [-0.2, -0.15) is 29.4 Å². The van der Waals surface area contributed by atoms with E-state index in [0.29, 0.717) is 0 Å². The van der Waals surface area contributed by atoms with Gasteiger partial charge < -0.3 is 0 Å². The lowest BCUT2D eigenvalue weighted by atomic mass is 10.4. The van der Waals surface area contributed by atoms with Crippen LogP contribution in [0.1, 0.15) is 0 Å². The fraction of sp³-hybridized carbons (Fsp3) is 0. The Morgan fingerprint density at radius 3 is 1.56 bits per heavy atom. The van der Waals surface area contributed by atoms with Gasteiger partial charge in [-0.25, -0.2) is 4.57 Å². The number of hydrogen-bond donors (Lipinski definition) is 6. The number of rotatable bonds is 5. The lowest BCUT2D eigenvalue weighted by Crippen LogP contribution is -2.11. The molecule has 12 heteroatoms. The summed E-state index contributed by atoms with van der Waals surface area (Å²) >= 11 is 0. The Morgan fingerprint density at radius 2 is 1.22 bits per heavy atom. The summed E-state index contributed by atoms with van der Waals surface area (Å²) in [6, 6.07) is 6.55. The lowest BCUT2D eigenvalue weighted by molar-refractivity contribution is 0.203. The van der Waals surface area contributed by atoms with Crippen molar-refractivity contribution in [1.29, 1.82) is 0 Å². The molecule has 1 rings (SSSR count). The molecule has 0 unspecified atom stereocenters. The van der Waals surface area contributed by atoms with Gasteiger partial charge >= 0.3 is 23.9 Å². The Bertz CT molecular complexity index is 416. The summed E-state index contributed by atoms with van der Waals surface area (Å²) in [5.41, 5.74) is 0. The summed E-state index contributed by atoms with van der Waals surface area (Å²) in [6.07, 6.45) is 0. The molecule has 1 aromatic carbocycles. The average molecular weight is 320 g/mol. The van der Waals surface area contributed by atoms with E-state index in [-0.39, 0.29) is 5.30 Å². The van der Waals surface area contributed by atoms with Crippen molar-refractivity contribution in [2.24, 2.45) is 0 Å². The summed E-state index contributed by atoms with van der Waals surface area (Å²) in [5, 5.41) is -0.312. The van der Waals surface area contributed by atoms with E-state index in [9.17, 15) is 4.57 Å². The molecule has 0 amide bonds. The van der Waals surface area contributed by atoms with Crippen LogP contribution in [0.3, 0.4) is 0 Å². The molecule has 0 aliphatic heterocycles. The highest BCUT2D eigenvalue weighted by molar-refractivity contribution is 7.76. The van der Waals surface area contributed by atoms with Crippen molar-refractivity contribution < 1.29 is 42.5 Å². The zero-order valence-electron chi connectivity index (χ0n) is 8.64. The highest BCUT2D eigenvalue weighted by Crippen LogP contribution is 2.71. The van der Waals surface area contributed by atoms with Gasteiger partial charge in [0.05, 0.1) is 5.30 Å². The summed E-state index contributed by atoms with van der Waals surface area (Å²) < 4.78 is 20.2. The van der Waals surface area contributed by atoms with E-state index in [1.54, 1.807) is 0 Å². The molecule has 0 spiro atoms. The Morgan fingerprint density at radius 1 is 0.833 bits per heavy atom. The van der Waals surface area contributed by atoms with Crippen molar-refractivity contribution in [3.8, 4) is 0 Å². The van der Waals surface area contributed by atoms with Gasteiger partial charge in [0.15, 0.2) is 0 Å². The van der Waals surface area contributed by atoms with E-state index in [2.05, 4.69) is 8.62 Å². The van der Waals surface area contributed by atoms with Crippen LogP contribution < -0.4 is 5.30 Å². The fourth-order valence-electron chi connectivity index (χ4n) is 1.01. The largest absolute Gasteiger partial charge is 0.576 e. The molecule has 0 radical (unpaired) electrons. The van der Waals surface area contributed by atoms with Crippen molar-refractivity contribution >= 4 is 29.2 Å². The zero-order valence-corrected chi connectivity index (χ0v) is 11.3. The topological polar surface area (TPSA) is 157 Å². The minimum absolute atomic E-state index is 0.312. The molecule has 0 atom stereocenters. The van der Waals surface area contributed by atoms with Gasteiger partial charge in [-0.3, -0.25) is 0 Å². The molecule has 0 aromatic heterocycles. The van der Waals surface area contributed by atoms with Crippen LogP contribution in [0, 0.1) is 0 Å². The molecule has 0 aliphatic rings. The summed E-state index contributed by atoms with van der Waals surface area (Å²) in [5.74, 6) is 0. The molecular formula is C6H11O9P3+2. The van der Waals surface area contributed by atoms with E-state index in [1.807, 2.05) is 0 Å². The van der Waals surface area contributed by atoms with Crippen LogP contribution in [-0.4, -0.2) is 29.4 Å². The SMILES string of the molecule is O=P(O[P+](O)(O)O)(O[P+](O)(O)O)c1ccccc1. The van der Waals surface area contributed by atoms with E-state index >= 15 is 0 Å². The van der Waals surface area contributed by atoms with Crippen LogP contribution in [-0.2, 0) is 13.2 Å². The summed E-state index contributed by atoms with van der Waals surface area (Å²) in [6.45, 7) is 0. The third-order valence-electron chi connectivity index (χ3n) is 1.51. The molecule has 0 heterocycles. The first-order valence-corrected chi connectivity index (χ1v) is 8.92. The first-order chi connectivity index (χ1) is 8.02. The minimum atomic E-state index is -4.99. The van der Waals surface area contributed by atoms with Gasteiger partial charge in [-0.1, -0.05) is 26.8 Å². The third kappa shape index (κ3) is 5.32. The van der Waals surface area contributed by atoms with E-state index in [4.69, 9.17) is 29.4 Å². The van der Waals surface area contributed by atoms with Gasteiger partial charge in [0.25, 0.3) is 0 Å². The standard InChI is InChI=1S/C6H11O9P3/c7-16(14-17(8,9)10,15-18(11,12)13)6-4-2-1-3-5-6/h1-5,8-13H/q+2. The average Bonchev–Trinajstić information content (AvgIpc) is 2.13. The third-order valence-corrected chi connectivity index (χ3v) is 5.91. The highest BCUT2D eigenvalue weighted by atomic mass is 31.3. The molecular weight excluding hydrogens is 309 g/mol. The Kier molecular flexibility index (Phi) is 4.94. The fourth-order valence-corrected chi connectivity index (χ4v) is 4.99. The Hall–Kier alpha value is -0.0100. The molecule has 0 saturated heterocycles. The minimum Gasteiger partial charge on any atom is -0.247 e. The molecule has 0 bridgehead atoms. The first-order valence-electron chi connectivity index (χ1n) is 4.25. The second-order valence-corrected chi connectivity index (χ2v) is 7.89. The van der Waals surface area contributed by atoms with Crippen molar-refractivity contribution in [1.82, 2.24) is 0 Å². The quantitative estimate of drug-likeness (QED) is 0.406. The van der Waals surface area contributed by atoms with E-state index in [1.165, 1.54) is 18.2 Å². The van der Waals surface area contributed by atoms with Crippen LogP contribution >= 0.6 is 23.9 Å². The number of hydrogen-bond acceptors (Lipinski definition) is 9. The predicted molar refractivity (Wildman–Crippen MR) is 63.0 cm³/mol. The lowest BCUT2D eigenvalue weighted by Gasteiger charge is -2.14. The predicted octanol–water partition coefficient (Wildman–Crippen LogP) is -0.153. The van der Waals surface area contributed by atoms with Crippen molar-refractivity contribution in [2.75, 3.05) is 0 Å². The van der Waals surface area contributed by atoms with Gasteiger partial charge in [-0.05, 0) is 12.1 Å². The van der Waals surface area contributed by atoms with Crippen LogP contribution in [0.5, 0.6) is 0 Å². The van der Waals surface area contributed by atoms with Crippen molar-refractivity contribution in [2.45, 2.75) is 0 Å². The Labute approximate surface area is 103 Å². The number of benzene rings is 1. The van der Waals surface area contributed by atoms with Crippen LogP contribution in [0.2, 0.25) is 0 Å². The van der Waals surface area contributed by atoms with Crippen molar-refractivity contribution in [3.63, 3.8) is 0 Å². The van der Waals surface area contributed by atoms with Crippen molar-refractivity contribution in [3.05, 3.63) is 30.3 Å². The summed E-state index contributed by atoms with van der Waals surface area (Å²) in [7, 11) is -14.7. The van der Waals surface area contributed by atoms with Gasteiger partial charge in [-0.15, -0.1) is 0 Å². The monoisotopic (exact) mass is 320 g/mol. The molecule has 102 valence electrons. The van der Waals surface area contributed by atoms with Gasteiger partial charge in [0.1, 0.15) is 0 Å². The van der Waals surface area contributed by atoms with Crippen LogP contribution in [0.25, 0.3) is 0 Å². The van der Waals surface area contributed by atoms with E-state index in [0.717, 1.165) is 12.1 Å². The molecule has 0 saturated carbocycles. The molecule has 9 nitrogen and oxygen atoms in total.